The van der Waals surface area contributed by atoms with Gasteiger partial charge in [0.2, 0.25) is 0 Å². The molecule has 0 bridgehead atoms. The molecule has 29 heavy (non-hydrogen) atoms. The van der Waals surface area contributed by atoms with Crippen LogP contribution in [0.2, 0.25) is 115 Å². The second-order valence-electron chi connectivity index (χ2n) is 12.7. The van der Waals surface area contributed by atoms with Gasteiger partial charge in [0, 0.05) is 0 Å². The molecule has 0 saturated carbocycles. The van der Waals surface area contributed by atoms with Crippen LogP contribution in [0, 0.1) is 0 Å². The summed E-state index contributed by atoms with van der Waals surface area (Å²) in [5, 5.41) is 0. The molecule has 0 spiro atoms. The first kappa shape index (κ1) is 33.4. The summed E-state index contributed by atoms with van der Waals surface area (Å²) in [5.41, 5.74) is 0. The van der Waals surface area contributed by atoms with Gasteiger partial charge in [0.1, 0.15) is 0 Å². The Morgan fingerprint density at radius 2 is 0.448 bits per heavy atom. The molecule has 170 valence electrons. The molecule has 11 heteroatoms. The standard InChI is InChI=1S/3C6H16NSi2.ClH.Ti/c3*1-8(2)5-6-9(3,4)7-8;;/h3*5-6H2,1-4H3;1H;/q3*-1;;+4/p-1. The number of hydrogen-bond donors (Lipinski definition) is 0. The Hall–Kier alpha value is 2.19. The first-order chi connectivity index (χ1) is 11.7. The molecule has 3 aliphatic heterocycles. The SMILES string of the molecule is C[Si]1(C)CC[Si](C)(C)[N-]1.C[Si]1(C)CC[Si](C)(C)[N-]1.C[Si]1(C)CC[Si](C)(C)[N-]1.[Cl-].[Ti+4]. The van der Waals surface area contributed by atoms with Crippen LogP contribution in [-0.2, 0) is 21.7 Å². The zero-order chi connectivity index (χ0) is 21.4. The molecular formula is C18H48ClN3Si6Ti. The van der Waals surface area contributed by atoms with Gasteiger partial charge in [-0.1, -0.05) is 164 Å². The van der Waals surface area contributed by atoms with Crippen molar-refractivity contribution >= 4 is 49.4 Å². The van der Waals surface area contributed by atoms with Gasteiger partial charge in [-0.3, -0.25) is 0 Å². The average molecular weight is 558 g/mol. The van der Waals surface area contributed by atoms with Crippen molar-refractivity contribution in [2.45, 2.75) is 115 Å². The Balaban J connectivity index is 0. The Labute approximate surface area is 211 Å². The summed E-state index contributed by atoms with van der Waals surface area (Å²) >= 11 is 0. The Morgan fingerprint density at radius 1 is 0.345 bits per heavy atom. The second-order valence-corrected chi connectivity index (χ2v) is 40.1. The van der Waals surface area contributed by atoms with Crippen molar-refractivity contribution in [2.75, 3.05) is 0 Å². The number of rotatable bonds is 0. The van der Waals surface area contributed by atoms with Gasteiger partial charge in [-0.15, -0.1) is 0 Å². The summed E-state index contributed by atoms with van der Waals surface area (Å²) in [6, 6.07) is 8.70. The van der Waals surface area contributed by atoms with E-state index in [1.54, 1.807) is 0 Å². The van der Waals surface area contributed by atoms with E-state index in [1.165, 1.54) is 36.3 Å². The monoisotopic (exact) mass is 557 g/mol. The molecule has 0 aromatic carbocycles. The number of halogens is 1. The molecule has 3 fully saturated rings. The van der Waals surface area contributed by atoms with Gasteiger partial charge >= 0.3 is 21.7 Å². The van der Waals surface area contributed by atoms with Crippen molar-refractivity contribution in [2.24, 2.45) is 0 Å². The largest absolute Gasteiger partial charge is 4.00 e. The van der Waals surface area contributed by atoms with Crippen molar-refractivity contribution in [3.05, 3.63) is 13.9 Å². The minimum Gasteiger partial charge on any atom is -1.00 e. The molecule has 3 nitrogen and oxygen atoms in total. The van der Waals surface area contributed by atoms with Crippen LogP contribution in [0.1, 0.15) is 0 Å². The maximum Gasteiger partial charge on any atom is 4.00 e. The van der Waals surface area contributed by atoms with E-state index in [0.29, 0.717) is 0 Å². The predicted octanol–water partition coefficient (Wildman–Crippen LogP) is 5.35. The van der Waals surface area contributed by atoms with E-state index in [1.807, 2.05) is 0 Å². The summed E-state index contributed by atoms with van der Waals surface area (Å²) < 4.78 is 14.8. The topological polar surface area (TPSA) is 42.3 Å². The number of hydrogen-bond acceptors (Lipinski definition) is 0. The first-order valence-electron chi connectivity index (χ1n) is 11.0. The molecule has 3 heterocycles. The van der Waals surface area contributed by atoms with Crippen LogP contribution < -0.4 is 12.4 Å². The molecule has 0 unspecified atom stereocenters. The average Bonchev–Trinajstić information content (AvgIpc) is 2.91. The van der Waals surface area contributed by atoms with Gasteiger partial charge < -0.3 is 26.4 Å². The van der Waals surface area contributed by atoms with Gasteiger partial charge in [-0.2, -0.15) is 0 Å². The fraction of sp³-hybridized carbons (Fsp3) is 1.00. The van der Waals surface area contributed by atoms with E-state index in [0.717, 1.165) is 0 Å². The van der Waals surface area contributed by atoms with Crippen LogP contribution in [0.25, 0.3) is 13.9 Å². The van der Waals surface area contributed by atoms with E-state index in [2.05, 4.69) is 78.6 Å². The second kappa shape index (κ2) is 11.5. The van der Waals surface area contributed by atoms with Gasteiger partial charge in [0.05, 0.1) is 0 Å². The maximum absolute atomic E-state index is 4.93. The molecule has 3 rings (SSSR count). The molecule has 0 radical (unpaired) electrons. The third-order valence-electron chi connectivity index (χ3n) is 5.86. The quantitative estimate of drug-likeness (QED) is 0.360. The Morgan fingerprint density at radius 3 is 0.483 bits per heavy atom. The fourth-order valence-electron chi connectivity index (χ4n) is 4.63. The third kappa shape index (κ3) is 14.1. The smallest absolute Gasteiger partial charge is 1.00 e. The first-order valence-corrected chi connectivity index (χ1v) is 29.9. The number of nitrogens with zero attached hydrogens (tertiary/aromatic N) is 3. The van der Waals surface area contributed by atoms with Gasteiger partial charge in [0.15, 0.2) is 0 Å². The van der Waals surface area contributed by atoms with Crippen molar-refractivity contribution in [1.29, 1.82) is 0 Å². The van der Waals surface area contributed by atoms with E-state index >= 15 is 0 Å². The molecule has 3 aliphatic rings. The molecular weight excluding hydrogens is 510 g/mol. The maximum atomic E-state index is 4.93. The third-order valence-corrected chi connectivity index (χ3v) is 30.7. The molecule has 0 atom stereocenters. The Bertz CT molecular complexity index is 403. The van der Waals surface area contributed by atoms with Crippen molar-refractivity contribution in [3.63, 3.8) is 0 Å². The van der Waals surface area contributed by atoms with Crippen LogP contribution >= 0.6 is 0 Å². The van der Waals surface area contributed by atoms with E-state index in [9.17, 15) is 0 Å². The zero-order valence-corrected chi connectivity index (χ0v) is 29.8. The van der Waals surface area contributed by atoms with Gasteiger partial charge in [-0.05, 0) is 0 Å². The van der Waals surface area contributed by atoms with Crippen molar-refractivity contribution < 1.29 is 34.1 Å². The van der Waals surface area contributed by atoms with Crippen LogP contribution in [0.5, 0.6) is 0 Å². The summed E-state index contributed by atoms with van der Waals surface area (Å²) in [6.45, 7) is 28.6. The Kier molecular flexibility index (Phi) is 13.3. The van der Waals surface area contributed by atoms with Gasteiger partial charge in [-0.25, -0.2) is 0 Å². The van der Waals surface area contributed by atoms with E-state index < -0.39 is 49.4 Å². The summed E-state index contributed by atoms with van der Waals surface area (Å²) in [4.78, 5) is 0. The van der Waals surface area contributed by atoms with Crippen molar-refractivity contribution in [1.82, 2.24) is 0 Å². The van der Waals surface area contributed by atoms with Crippen LogP contribution in [-0.4, -0.2) is 49.4 Å². The van der Waals surface area contributed by atoms with E-state index in [4.69, 9.17) is 13.9 Å². The summed E-state index contributed by atoms with van der Waals surface area (Å²) in [7, 11) is -5.93. The zero-order valence-electron chi connectivity index (χ0n) is 21.5. The molecule has 0 aromatic heterocycles. The van der Waals surface area contributed by atoms with Crippen molar-refractivity contribution in [3.8, 4) is 0 Å². The fourth-order valence-corrected chi connectivity index (χ4v) is 41.7. The van der Waals surface area contributed by atoms with Gasteiger partial charge in [0.25, 0.3) is 0 Å². The molecule has 0 amide bonds. The summed E-state index contributed by atoms with van der Waals surface area (Å²) in [5.74, 6) is 0. The molecule has 3 saturated heterocycles. The minimum atomic E-state index is -0.989. The van der Waals surface area contributed by atoms with Crippen LogP contribution in [0.15, 0.2) is 0 Å². The molecule has 0 aliphatic carbocycles. The normalized spacial score (nSPS) is 28.6. The van der Waals surface area contributed by atoms with E-state index in [-0.39, 0.29) is 34.1 Å². The van der Waals surface area contributed by atoms with Crippen LogP contribution in [0.4, 0.5) is 0 Å². The minimum absolute atomic E-state index is 0. The summed E-state index contributed by atoms with van der Waals surface area (Å²) in [6.07, 6.45) is 0. The molecule has 0 N–H and O–H groups in total. The van der Waals surface area contributed by atoms with Crippen LogP contribution in [0.3, 0.4) is 0 Å². The predicted molar refractivity (Wildman–Crippen MR) is 144 cm³/mol. The molecule has 0 aromatic rings.